The number of carbonyl (C=O) groups excluding carboxylic acids is 1. The van der Waals surface area contributed by atoms with Crippen LogP contribution in [0, 0.1) is 35.8 Å². The van der Waals surface area contributed by atoms with Crippen LogP contribution in [0.25, 0.3) is 11.1 Å². The van der Waals surface area contributed by atoms with E-state index in [2.05, 4.69) is 4.98 Å². The zero-order valence-corrected chi connectivity index (χ0v) is 14.5. The summed E-state index contributed by atoms with van der Waals surface area (Å²) in [5.74, 6) is -2.35. The Balaban J connectivity index is 2.98. The average Bonchev–Trinajstić information content (AvgIpc) is 2.53. The van der Waals surface area contributed by atoms with Gasteiger partial charge in [-0.2, -0.15) is 5.26 Å². The van der Waals surface area contributed by atoms with Crippen LogP contribution >= 0.6 is 0 Å². The normalized spacial score (nSPS) is 10.6. The molecule has 0 saturated heterocycles. The molecule has 0 atom stereocenters. The molecule has 0 aliphatic heterocycles. The van der Waals surface area contributed by atoms with Crippen LogP contribution in [0.5, 0.6) is 0 Å². The summed E-state index contributed by atoms with van der Waals surface area (Å²) in [6.45, 7) is 5.44. The lowest BCUT2D eigenvalue weighted by Crippen LogP contribution is -2.14. The van der Waals surface area contributed by atoms with Crippen LogP contribution in [0.3, 0.4) is 0 Å². The van der Waals surface area contributed by atoms with Gasteiger partial charge >= 0.3 is 5.97 Å². The fourth-order valence-corrected chi connectivity index (χ4v) is 2.76. The molecule has 0 amide bonds. The Morgan fingerprint density at radius 1 is 1.28 bits per heavy atom. The van der Waals surface area contributed by atoms with Gasteiger partial charge in [0.15, 0.2) is 0 Å². The minimum atomic E-state index is -0.859. The quantitative estimate of drug-likeness (QED) is 0.780. The highest BCUT2D eigenvalue weighted by atomic mass is 19.1. The largest absolute Gasteiger partial charge is 0.465 e. The lowest BCUT2D eigenvalue weighted by Gasteiger charge is -2.17. The van der Waals surface area contributed by atoms with Crippen molar-refractivity contribution in [3.05, 3.63) is 52.3 Å². The van der Waals surface area contributed by atoms with E-state index < -0.39 is 23.2 Å². The molecule has 0 bridgehead atoms. The molecule has 2 rings (SSSR count). The third-order valence-electron chi connectivity index (χ3n) is 3.77. The van der Waals surface area contributed by atoms with Crippen molar-refractivity contribution in [1.29, 1.82) is 5.26 Å². The van der Waals surface area contributed by atoms with Gasteiger partial charge < -0.3 is 4.74 Å². The minimum Gasteiger partial charge on any atom is -0.465 e. The first kappa shape index (κ1) is 18.5. The highest BCUT2D eigenvalue weighted by Gasteiger charge is 2.28. The van der Waals surface area contributed by atoms with Crippen molar-refractivity contribution in [2.24, 2.45) is 5.92 Å². The van der Waals surface area contributed by atoms with Crippen molar-refractivity contribution in [2.75, 3.05) is 7.11 Å². The van der Waals surface area contributed by atoms with Crippen LogP contribution in [0.15, 0.2) is 18.2 Å². The van der Waals surface area contributed by atoms with Crippen LogP contribution in [0.2, 0.25) is 0 Å². The molecule has 1 aromatic carbocycles. The van der Waals surface area contributed by atoms with Crippen molar-refractivity contribution in [3.63, 3.8) is 0 Å². The third-order valence-corrected chi connectivity index (χ3v) is 3.77. The highest BCUT2D eigenvalue weighted by molar-refractivity contribution is 6.00. The van der Waals surface area contributed by atoms with Gasteiger partial charge in [0, 0.05) is 5.56 Å². The maximum absolute atomic E-state index is 14.4. The van der Waals surface area contributed by atoms with Crippen LogP contribution in [-0.4, -0.2) is 18.1 Å². The van der Waals surface area contributed by atoms with E-state index in [1.807, 2.05) is 19.9 Å². The van der Waals surface area contributed by atoms with E-state index in [1.165, 1.54) is 6.07 Å². The number of methoxy groups -OCH3 is 1. The van der Waals surface area contributed by atoms with Crippen LogP contribution in [0.1, 0.15) is 41.2 Å². The predicted octanol–water partition coefficient (Wildman–Crippen LogP) is 4.19. The number of aryl methyl sites for hydroxylation is 1. The summed E-state index contributed by atoms with van der Waals surface area (Å²) in [5, 5.41) is 9.64. The van der Waals surface area contributed by atoms with Crippen LogP contribution in [-0.2, 0) is 11.2 Å². The van der Waals surface area contributed by atoms with Gasteiger partial charge in [0.05, 0.1) is 35.2 Å². The number of halogens is 2. The second-order valence-corrected chi connectivity index (χ2v) is 6.07. The number of hydrogen-bond donors (Lipinski definition) is 0. The van der Waals surface area contributed by atoms with Crippen LogP contribution < -0.4 is 0 Å². The van der Waals surface area contributed by atoms with Crippen molar-refractivity contribution >= 4 is 5.97 Å². The molecule has 130 valence electrons. The molecule has 6 heteroatoms. The molecule has 1 aromatic heterocycles. The zero-order valence-electron chi connectivity index (χ0n) is 14.5. The molecular weight excluding hydrogens is 326 g/mol. The van der Waals surface area contributed by atoms with Crippen molar-refractivity contribution < 1.29 is 18.3 Å². The summed E-state index contributed by atoms with van der Waals surface area (Å²) < 4.78 is 33.6. The molecule has 25 heavy (non-hydrogen) atoms. The van der Waals surface area contributed by atoms with Gasteiger partial charge in [-0.25, -0.2) is 13.6 Å². The fourth-order valence-electron chi connectivity index (χ4n) is 2.76. The smallest absolute Gasteiger partial charge is 0.340 e. The number of benzene rings is 1. The first-order valence-corrected chi connectivity index (χ1v) is 7.78. The van der Waals surface area contributed by atoms with E-state index in [1.54, 1.807) is 6.92 Å². The highest BCUT2D eigenvalue weighted by Crippen LogP contribution is 2.35. The summed E-state index contributed by atoms with van der Waals surface area (Å²) >= 11 is 0. The predicted molar refractivity (Wildman–Crippen MR) is 88.9 cm³/mol. The van der Waals surface area contributed by atoms with Gasteiger partial charge in [-0.15, -0.1) is 0 Å². The average molecular weight is 344 g/mol. The number of pyridine rings is 1. The molecular formula is C19H18F2N2O2. The summed E-state index contributed by atoms with van der Waals surface area (Å²) in [6.07, 6.45) is 0.439. The van der Waals surface area contributed by atoms with Gasteiger partial charge in [0.1, 0.15) is 17.7 Å². The SMILES string of the molecule is COC(=O)c1c(C)nc(CC(C)C)c(C#N)c1-c1c(F)cccc1F. The van der Waals surface area contributed by atoms with Crippen molar-refractivity contribution in [2.45, 2.75) is 27.2 Å². The van der Waals surface area contributed by atoms with Crippen molar-refractivity contribution in [3.8, 4) is 17.2 Å². The van der Waals surface area contributed by atoms with E-state index in [9.17, 15) is 18.8 Å². The number of nitriles is 1. The van der Waals surface area contributed by atoms with Crippen molar-refractivity contribution in [1.82, 2.24) is 4.98 Å². The van der Waals surface area contributed by atoms with E-state index in [0.717, 1.165) is 19.2 Å². The third kappa shape index (κ3) is 3.50. The summed E-state index contributed by atoms with van der Waals surface area (Å²) in [6, 6.07) is 5.35. The molecule has 1 heterocycles. The summed E-state index contributed by atoms with van der Waals surface area (Å²) in [7, 11) is 1.16. The lowest BCUT2D eigenvalue weighted by molar-refractivity contribution is 0.0600. The Labute approximate surface area is 145 Å². The Bertz CT molecular complexity index is 850. The van der Waals surface area contributed by atoms with E-state index in [4.69, 9.17) is 4.74 Å². The van der Waals surface area contributed by atoms with Gasteiger partial charge in [0.25, 0.3) is 0 Å². The number of hydrogen-bond acceptors (Lipinski definition) is 4. The zero-order chi connectivity index (χ0) is 18.7. The number of esters is 1. The lowest BCUT2D eigenvalue weighted by atomic mass is 9.90. The van der Waals surface area contributed by atoms with E-state index >= 15 is 0 Å². The maximum atomic E-state index is 14.4. The Morgan fingerprint density at radius 2 is 1.88 bits per heavy atom. The molecule has 0 saturated carbocycles. The molecule has 2 aromatic rings. The summed E-state index contributed by atoms with van der Waals surface area (Å²) in [4.78, 5) is 16.6. The van der Waals surface area contributed by atoms with Gasteiger partial charge in [-0.05, 0) is 31.4 Å². The van der Waals surface area contributed by atoms with Crippen LogP contribution in [0.4, 0.5) is 8.78 Å². The second-order valence-electron chi connectivity index (χ2n) is 6.07. The van der Waals surface area contributed by atoms with Gasteiger partial charge in [-0.3, -0.25) is 4.98 Å². The Kier molecular flexibility index (Phi) is 5.48. The topological polar surface area (TPSA) is 63.0 Å². The first-order chi connectivity index (χ1) is 11.8. The molecule has 0 spiro atoms. The van der Waals surface area contributed by atoms with E-state index in [0.29, 0.717) is 12.1 Å². The molecule has 0 aliphatic carbocycles. The van der Waals surface area contributed by atoms with Gasteiger partial charge in [-0.1, -0.05) is 19.9 Å². The molecule has 0 radical (unpaired) electrons. The number of nitrogens with zero attached hydrogens (tertiary/aromatic N) is 2. The van der Waals surface area contributed by atoms with Gasteiger partial charge in [0.2, 0.25) is 0 Å². The molecule has 0 N–H and O–H groups in total. The number of carbonyl (C=O) groups is 1. The maximum Gasteiger partial charge on any atom is 0.340 e. The number of ether oxygens (including phenoxy) is 1. The molecule has 4 nitrogen and oxygen atoms in total. The monoisotopic (exact) mass is 344 g/mol. The summed E-state index contributed by atoms with van der Waals surface area (Å²) in [5.41, 5.74) is 0.0294. The van der Waals surface area contributed by atoms with E-state index in [-0.39, 0.29) is 28.3 Å². The molecule has 0 fully saturated rings. The standard InChI is InChI=1S/C19H18F2N2O2/c1-10(2)8-15-12(9-22)17(16(11(3)23-15)19(24)25-4)18-13(20)6-5-7-14(18)21/h5-7,10H,8H2,1-4H3. The Hall–Kier alpha value is -2.81. The number of aromatic nitrogens is 1. The first-order valence-electron chi connectivity index (χ1n) is 7.78. The molecule has 0 unspecified atom stereocenters. The second kappa shape index (κ2) is 7.39. The molecule has 0 aliphatic rings. The Morgan fingerprint density at radius 3 is 2.36 bits per heavy atom. The fraction of sp³-hybridized carbons (Fsp3) is 0.316. The minimum absolute atomic E-state index is 0.0105. The number of rotatable bonds is 4.